The predicted octanol–water partition coefficient (Wildman–Crippen LogP) is 4.07. The molecule has 2 nitrogen and oxygen atoms in total. The number of unbranched alkanes of at least 4 members (excludes halogenated alkanes) is 6. The Morgan fingerprint density at radius 3 is 1.89 bits per heavy atom. The van der Waals surface area contributed by atoms with E-state index in [0.29, 0.717) is 6.61 Å². The molecule has 19 heavy (non-hydrogen) atoms. The van der Waals surface area contributed by atoms with Gasteiger partial charge >= 0.3 is 0 Å². The number of benzene rings is 1. The average Bonchev–Trinajstić information content (AvgIpc) is 2.48. The van der Waals surface area contributed by atoms with E-state index in [9.17, 15) is 0 Å². The maximum absolute atomic E-state index is 8.54. The van der Waals surface area contributed by atoms with E-state index >= 15 is 0 Å². The molecule has 0 atom stereocenters. The second kappa shape index (κ2) is 14.9. The summed E-state index contributed by atoms with van der Waals surface area (Å²) in [5.41, 5.74) is 0.965. The molecule has 0 bridgehead atoms. The van der Waals surface area contributed by atoms with Crippen LogP contribution in [0.3, 0.4) is 0 Å². The van der Waals surface area contributed by atoms with Crippen molar-refractivity contribution in [3.63, 3.8) is 0 Å². The van der Waals surface area contributed by atoms with Crippen molar-refractivity contribution >= 4 is 0 Å². The first kappa shape index (κ1) is 17.9. The Morgan fingerprint density at radius 2 is 1.42 bits per heavy atom. The molecule has 0 aromatic heterocycles. The molecule has 0 spiro atoms. The Morgan fingerprint density at radius 1 is 0.842 bits per heavy atom. The number of allylic oxidation sites excluding steroid dienone is 1. The Balaban J connectivity index is 0.000000356. The fourth-order valence-electron chi connectivity index (χ4n) is 1.69. The van der Waals surface area contributed by atoms with Crippen LogP contribution in [0, 0.1) is 0 Å². The van der Waals surface area contributed by atoms with E-state index < -0.39 is 0 Å². The summed E-state index contributed by atoms with van der Waals surface area (Å²) in [4.78, 5) is 0. The molecule has 0 radical (unpaired) electrons. The van der Waals surface area contributed by atoms with E-state index in [1.165, 1.54) is 32.1 Å². The molecule has 2 N–H and O–H groups in total. The molecule has 0 unspecified atom stereocenters. The third kappa shape index (κ3) is 13.1. The van der Waals surface area contributed by atoms with Gasteiger partial charge in [-0.2, -0.15) is 0 Å². The highest BCUT2D eigenvalue weighted by atomic mass is 16.3. The standard InChI is InChI=1S/C10H20O.C7H8O/c1-2-3-4-5-6-7-8-9-10-11;8-6-7-4-2-1-3-5-7/h2,11H,1,3-10H2;1-5,8H,6H2. The van der Waals surface area contributed by atoms with Crippen molar-refractivity contribution in [1.82, 2.24) is 0 Å². The van der Waals surface area contributed by atoms with E-state index in [1.807, 2.05) is 36.4 Å². The lowest BCUT2D eigenvalue weighted by molar-refractivity contribution is 0.281. The van der Waals surface area contributed by atoms with E-state index in [1.54, 1.807) is 0 Å². The van der Waals surface area contributed by atoms with Crippen LogP contribution in [0.4, 0.5) is 0 Å². The van der Waals surface area contributed by atoms with Gasteiger partial charge in [0.2, 0.25) is 0 Å². The highest BCUT2D eigenvalue weighted by molar-refractivity contribution is 5.12. The van der Waals surface area contributed by atoms with Crippen LogP contribution in [0.1, 0.15) is 50.5 Å². The SMILES string of the molecule is C=CCCCCCCCCO.OCc1ccccc1. The fourth-order valence-corrected chi connectivity index (χ4v) is 1.69. The van der Waals surface area contributed by atoms with Crippen LogP contribution in [-0.2, 0) is 6.61 Å². The molecular formula is C17H28O2. The molecular weight excluding hydrogens is 236 g/mol. The van der Waals surface area contributed by atoms with Crippen molar-refractivity contribution in [1.29, 1.82) is 0 Å². The van der Waals surface area contributed by atoms with Crippen molar-refractivity contribution < 1.29 is 10.2 Å². The molecule has 0 saturated carbocycles. The van der Waals surface area contributed by atoms with Crippen molar-refractivity contribution in [3.05, 3.63) is 48.6 Å². The lowest BCUT2D eigenvalue weighted by atomic mass is 10.1. The Kier molecular flexibility index (Phi) is 14.1. The zero-order valence-corrected chi connectivity index (χ0v) is 11.9. The van der Waals surface area contributed by atoms with Crippen molar-refractivity contribution in [2.75, 3.05) is 6.61 Å². The van der Waals surface area contributed by atoms with Gasteiger partial charge in [-0.25, -0.2) is 0 Å². The molecule has 2 heteroatoms. The van der Waals surface area contributed by atoms with Crippen LogP contribution < -0.4 is 0 Å². The number of hydrogen-bond donors (Lipinski definition) is 2. The summed E-state index contributed by atoms with van der Waals surface area (Å²) in [5, 5.41) is 17.0. The number of hydrogen-bond acceptors (Lipinski definition) is 2. The van der Waals surface area contributed by atoms with Crippen LogP contribution in [0.15, 0.2) is 43.0 Å². The van der Waals surface area contributed by atoms with Crippen molar-refractivity contribution in [2.24, 2.45) is 0 Å². The molecule has 0 fully saturated rings. The van der Waals surface area contributed by atoms with Crippen molar-refractivity contribution in [2.45, 2.75) is 51.6 Å². The van der Waals surface area contributed by atoms with Gasteiger partial charge in [-0.05, 0) is 24.8 Å². The van der Waals surface area contributed by atoms with Gasteiger partial charge in [-0.15, -0.1) is 6.58 Å². The van der Waals surface area contributed by atoms with Gasteiger partial charge in [0.1, 0.15) is 0 Å². The lowest BCUT2D eigenvalue weighted by Gasteiger charge is -1.97. The van der Waals surface area contributed by atoms with Crippen molar-refractivity contribution in [3.8, 4) is 0 Å². The number of aliphatic hydroxyl groups excluding tert-OH is 2. The zero-order chi connectivity index (χ0) is 14.2. The minimum Gasteiger partial charge on any atom is -0.396 e. The Labute approximate surface area is 117 Å². The maximum Gasteiger partial charge on any atom is 0.0681 e. The minimum atomic E-state index is 0.140. The van der Waals surface area contributed by atoms with E-state index in [-0.39, 0.29) is 6.61 Å². The highest BCUT2D eigenvalue weighted by Crippen LogP contribution is 2.06. The number of rotatable bonds is 9. The summed E-state index contributed by atoms with van der Waals surface area (Å²) in [6.07, 6.45) is 10.5. The highest BCUT2D eigenvalue weighted by Gasteiger charge is 1.88. The molecule has 0 aliphatic heterocycles. The normalized spacial score (nSPS) is 9.58. The van der Waals surface area contributed by atoms with E-state index in [0.717, 1.165) is 18.4 Å². The summed E-state index contributed by atoms with van der Waals surface area (Å²) in [6.45, 7) is 4.17. The maximum atomic E-state index is 8.54. The molecule has 108 valence electrons. The quantitative estimate of drug-likeness (QED) is 0.521. The first-order chi connectivity index (χ1) is 9.35. The van der Waals surface area contributed by atoms with Gasteiger partial charge in [-0.3, -0.25) is 0 Å². The largest absolute Gasteiger partial charge is 0.396 e. The summed E-state index contributed by atoms with van der Waals surface area (Å²) in [7, 11) is 0. The number of aliphatic hydroxyl groups is 2. The van der Waals surface area contributed by atoms with Gasteiger partial charge in [0.05, 0.1) is 6.61 Å². The topological polar surface area (TPSA) is 40.5 Å². The summed E-state index contributed by atoms with van der Waals surface area (Å²) in [5.74, 6) is 0. The molecule has 0 heterocycles. The summed E-state index contributed by atoms with van der Waals surface area (Å²) in [6, 6.07) is 9.52. The molecule has 0 amide bonds. The van der Waals surface area contributed by atoms with Crippen LogP contribution in [0.25, 0.3) is 0 Å². The second-order valence-corrected chi connectivity index (χ2v) is 4.57. The minimum absolute atomic E-state index is 0.140. The van der Waals surface area contributed by atoms with Crippen LogP contribution in [0.2, 0.25) is 0 Å². The Bertz CT molecular complexity index is 283. The summed E-state index contributed by atoms with van der Waals surface area (Å²) < 4.78 is 0. The molecule has 1 aromatic carbocycles. The molecule has 0 aliphatic carbocycles. The fraction of sp³-hybridized carbons (Fsp3) is 0.529. The van der Waals surface area contributed by atoms with Gasteiger partial charge in [0.15, 0.2) is 0 Å². The smallest absolute Gasteiger partial charge is 0.0681 e. The first-order valence-electron chi connectivity index (χ1n) is 7.21. The Hall–Kier alpha value is -1.12. The van der Waals surface area contributed by atoms with Gasteiger partial charge in [-0.1, -0.05) is 62.1 Å². The van der Waals surface area contributed by atoms with Gasteiger partial charge in [0, 0.05) is 6.61 Å². The second-order valence-electron chi connectivity index (χ2n) is 4.57. The average molecular weight is 264 g/mol. The monoisotopic (exact) mass is 264 g/mol. The van der Waals surface area contributed by atoms with Crippen LogP contribution >= 0.6 is 0 Å². The van der Waals surface area contributed by atoms with Crippen LogP contribution in [-0.4, -0.2) is 16.8 Å². The lowest BCUT2D eigenvalue weighted by Crippen LogP contribution is -1.83. The third-order valence-corrected chi connectivity index (χ3v) is 2.84. The first-order valence-corrected chi connectivity index (χ1v) is 7.21. The predicted molar refractivity (Wildman–Crippen MR) is 82.0 cm³/mol. The molecule has 1 aromatic rings. The third-order valence-electron chi connectivity index (χ3n) is 2.84. The zero-order valence-electron chi connectivity index (χ0n) is 11.9. The molecule has 0 aliphatic rings. The molecule has 1 rings (SSSR count). The van der Waals surface area contributed by atoms with Crippen LogP contribution in [0.5, 0.6) is 0 Å². The van der Waals surface area contributed by atoms with E-state index in [2.05, 4.69) is 6.58 Å². The van der Waals surface area contributed by atoms with Gasteiger partial charge < -0.3 is 10.2 Å². The summed E-state index contributed by atoms with van der Waals surface area (Å²) >= 11 is 0. The molecule has 0 saturated heterocycles. The van der Waals surface area contributed by atoms with Gasteiger partial charge in [0.25, 0.3) is 0 Å². The van der Waals surface area contributed by atoms with E-state index in [4.69, 9.17) is 10.2 Å².